The van der Waals surface area contributed by atoms with Gasteiger partial charge in [0, 0.05) is 0 Å². The van der Waals surface area contributed by atoms with Gasteiger partial charge in [-0.1, -0.05) is 13.3 Å². The van der Waals surface area contributed by atoms with Gasteiger partial charge in [-0.2, -0.15) is 0 Å². The summed E-state index contributed by atoms with van der Waals surface area (Å²) in [6.45, 7) is 1.77. The van der Waals surface area contributed by atoms with Crippen molar-refractivity contribution in [1.29, 1.82) is 0 Å². The fourth-order valence-electron chi connectivity index (χ4n) is 0.549. The van der Waals surface area contributed by atoms with Gasteiger partial charge in [-0.15, -0.1) is 5.48 Å². The predicted octanol–water partition coefficient (Wildman–Crippen LogP) is -1.24. The van der Waals surface area contributed by atoms with E-state index in [0.717, 1.165) is 0 Å². The maximum absolute atomic E-state index is 8.85. The van der Waals surface area contributed by atoms with E-state index in [9.17, 15) is 0 Å². The third-order valence-corrected chi connectivity index (χ3v) is 1.19. The zero-order valence-corrected chi connectivity index (χ0v) is 5.78. The van der Waals surface area contributed by atoms with Crippen molar-refractivity contribution in [2.75, 3.05) is 0 Å². The zero-order valence-electron chi connectivity index (χ0n) is 5.78. The average molecular weight is 151 g/mol. The van der Waals surface area contributed by atoms with Gasteiger partial charge in [-0.05, 0) is 6.42 Å². The van der Waals surface area contributed by atoms with Crippen molar-refractivity contribution in [1.82, 2.24) is 5.48 Å². The SMILES string of the molecule is CCCC(O)C(O)(O)NO. The summed E-state index contributed by atoms with van der Waals surface area (Å²) in [5.41, 5.74) is 1.19. The van der Waals surface area contributed by atoms with E-state index in [1.807, 2.05) is 0 Å². The molecule has 62 valence electrons. The number of hydroxylamine groups is 1. The Morgan fingerprint density at radius 1 is 1.50 bits per heavy atom. The Bertz CT molecular complexity index is 95.6. The summed E-state index contributed by atoms with van der Waals surface area (Å²) in [4.78, 5) is 0. The monoisotopic (exact) mass is 151 g/mol. The highest BCUT2D eigenvalue weighted by molar-refractivity contribution is 4.67. The highest BCUT2D eigenvalue weighted by atomic mass is 16.6. The minimum Gasteiger partial charge on any atom is -0.386 e. The van der Waals surface area contributed by atoms with E-state index in [-0.39, 0.29) is 6.42 Å². The lowest BCUT2D eigenvalue weighted by molar-refractivity contribution is -0.289. The summed E-state index contributed by atoms with van der Waals surface area (Å²) < 4.78 is 0. The Balaban J connectivity index is 3.78. The van der Waals surface area contributed by atoms with Gasteiger partial charge in [0.05, 0.1) is 0 Å². The van der Waals surface area contributed by atoms with E-state index in [1.54, 1.807) is 6.92 Å². The van der Waals surface area contributed by atoms with E-state index in [0.29, 0.717) is 6.42 Å². The lowest BCUT2D eigenvalue weighted by Gasteiger charge is -2.24. The van der Waals surface area contributed by atoms with E-state index in [2.05, 4.69) is 0 Å². The van der Waals surface area contributed by atoms with Crippen LogP contribution in [0.15, 0.2) is 0 Å². The summed E-state index contributed by atoms with van der Waals surface area (Å²) in [6, 6.07) is 0. The van der Waals surface area contributed by atoms with Crippen LogP contribution in [0.5, 0.6) is 0 Å². The average Bonchev–Trinajstić information content (AvgIpc) is 1.89. The van der Waals surface area contributed by atoms with E-state index >= 15 is 0 Å². The zero-order chi connectivity index (χ0) is 8.20. The van der Waals surface area contributed by atoms with Crippen molar-refractivity contribution in [2.45, 2.75) is 31.8 Å². The van der Waals surface area contributed by atoms with Crippen molar-refractivity contribution < 1.29 is 20.5 Å². The van der Waals surface area contributed by atoms with Crippen LogP contribution in [0.2, 0.25) is 0 Å². The minimum atomic E-state index is -2.59. The standard InChI is InChI=1S/C5H13NO4/c1-2-3-4(7)5(8,9)6-10/h4,6-10H,2-3H2,1H3. The molecule has 0 radical (unpaired) electrons. The molecular weight excluding hydrogens is 138 g/mol. The number of aliphatic hydroxyl groups is 3. The van der Waals surface area contributed by atoms with Crippen molar-refractivity contribution in [3.63, 3.8) is 0 Å². The Morgan fingerprint density at radius 3 is 2.30 bits per heavy atom. The molecule has 0 rings (SSSR count). The van der Waals surface area contributed by atoms with Crippen LogP contribution in [0.25, 0.3) is 0 Å². The van der Waals surface area contributed by atoms with E-state index in [4.69, 9.17) is 20.5 Å². The second-order valence-electron chi connectivity index (χ2n) is 2.14. The van der Waals surface area contributed by atoms with E-state index in [1.165, 1.54) is 5.48 Å². The van der Waals surface area contributed by atoms with Gasteiger partial charge >= 0.3 is 0 Å². The van der Waals surface area contributed by atoms with Crippen molar-refractivity contribution >= 4 is 0 Å². The number of rotatable bonds is 4. The maximum atomic E-state index is 8.85. The van der Waals surface area contributed by atoms with Crippen LogP contribution in [0.4, 0.5) is 0 Å². The van der Waals surface area contributed by atoms with E-state index < -0.39 is 12.0 Å². The fraction of sp³-hybridized carbons (Fsp3) is 1.00. The Morgan fingerprint density at radius 2 is 2.00 bits per heavy atom. The Labute approximate surface area is 58.9 Å². The fourth-order valence-corrected chi connectivity index (χ4v) is 0.549. The van der Waals surface area contributed by atoms with Gasteiger partial charge in [0.15, 0.2) is 0 Å². The molecule has 0 aliphatic carbocycles. The molecule has 1 unspecified atom stereocenters. The Kier molecular flexibility index (Phi) is 3.77. The van der Waals surface area contributed by atoms with Gasteiger partial charge in [-0.25, -0.2) is 0 Å². The lowest BCUT2D eigenvalue weighted by atomic mass is 10.1. The predicted molar refractivity (Wildman–Crippen MR) is 33.0 cm³/mol. The van der Waals surface area contributed by atoms with Gasteiger partial charge in [0.1, 0.15) is 6.10 Å². The molecule has 0 bridgehead atoms. The molecule has 0 aromatic rings. The smallest absolute Gasteiger partial charge is 0.271 e. The van der Waals surface area contributed by atoms with Crippen LogP contribution in [0.1, 0.15) is 19.8 Å². The summed E-state index contributed by atoms with van der Waals surface area (Å²) in [7, 11) is 0. The quantitative estimate of drug-likeness (QED) is 0.256. The van der Waals surface area contributed by atoms with Crippen LogP contribution in [-0.4, -0.2) is 32.5 Å². The van der Waals surface area contributed by atoms with Crippen molar-refractivity contribution in [3.8, 4) is 0 Å². The second kappa shape index (κ2) is 3.85. The normalized spacial score (nSPS) is 15.3. The summed E-state index contributed by atoms with van der Waals surface area (Å²) in [5, 5.41) is 34.3. The summed E-state index contributed by atoms with van der Waals surface area (Å²) in [6.07, 6.45) is -0.561. The Hall–Kier alpha value is -0.200. The summed E-state index contributed by atoms with van der Waals surface area (Å²) in [5.74, 6) is -2.59. The molecule has 5 heteroatoms. The number of aliphatic hydroxyl groups excluding tert-OH is 1. The molecule has 0 saturated heterocycles. The van der Waals surface area contributed by atoms with Gasteiger partial charge in [0.2, 0.25) is 0 Å². The molecular formula is C5H13NO4. The molecule has 0 aliphatic rings. The molecule has 0 heterocycles. The van der Waals surface area contributed by atoms with Crippen molar-refractivity contribution in [2.24, 2.45) is 0 Å². The lowest BCUT2D eigenvalue weighted by Crippen LogP contribution is -2.53. The van der Waals surface area contributed by atoms with Crippen LogP contribution >= 0.6 is 0 Å². The highest BCUT2D eigenvalue weighted by Crippen LogP contribution is 2.07. The minimum absolute atomic E-state index is 0.209. The van der Waals surface area contributed by atoms with Crippen LogP contribution < -0.4 is 5.48 Å². The third-order valence-electron chi connectivity index (χ3n) is 1.19. The first-order valence-corrected chi connectivity index (χ1v) is 3.08. The largest absolute Gasteiger partial charge is 0.386 e. The number of hydrogen-bond donors (Lipinski definition) is 5. The first-order valence-electron chi connectivity index (χ1n) is 3.08. The van der Waals surface area contributed by atoms with Gasteiger partial charge < -0.3 is 20.5 Å². The third kappa shape index (κ3) is 2.59. The van der Waals surface area contributed by atoms with Crippen molar-refractivity contribution in [3.05, 3.63) is 0 Å². The topological polar surface area (TPSA) is 93.0 Å². The molecule has 0 aromatic heterocycles. The van der Waals surface area contributed by atoms with Crippen LogP contribution in [0, 0.1) is 0 Å². The van der Waals surface area contributed by atoms with Crippen LogP contribution in [0.3, 0.4) is 0 Å². The molecule has 1 atom stereocenters. The van der Waals surface area contributed by atoms with Crippen LogP contribution in [-0.2, 0) is 0 Å². The molecule has 0 fully saturated rings. The molecule has 5 N–H and O–H groups in total. The van der Waals surface area contributed by atoms with Gasteiger partial charge in [0.25, 0.3) is 5.91 Å². The maximum Gasteiger partial charge on any atom is 0.271 e. The first kappa shape index (κ1) is 9.80. The second-order valence-corrected chi connectivity index (χ2v) is 2.14. The number of nitrogens with one attached hydrogen (secondary N) is 1. The highest BCUT2D eigenvalue weighted by Gasteiger charge is 2.31. The summed E-state index contributed by atoms with van der Waals surface area (Å²) >= 11 is 0. The molecule has 10 heavy (non-hydrogen) atoms. The molecule has 0 aliphatic heterocycles. The number of hydrogen-bond acceptors (Lipinski definition) is 5. The molecule has 0 aromatic carbocycles. The first-order chi connectivity index (χ1) is 4.54. The molecule has 5 nitrogen and oxygen atoms in total. The molecule has 0 amide bonds. The van der Waals surface area contributed by atoms with Gasteiger partial charge in [-0.3, -0.25) is 0 Å². The molecule has 0 spiro atoms. The molecule has 0 saturated carbocycles.